The van der Waals surface area contributed by atoms with Crippen molar-refractivity contribution in [1.29, 1.82) is 0 Å². The number of carbonyl (C=O) groups excluding carboxylic acids is 1. The van der Waals surface area contributed by atoms with E-state index in [-0.39, 0.29) is 11.7 Å². The van der Waals surface area contributed by atoms with Gasteiger partial charge in [-0.25, -0.2) is 15.0 Å². The highest BCUT2D eigenvalue weighted by Gasteiger charge is 2.14. The van der Waals surface area contributed by atoms with Gasteiger partial charge in [0.05, 0.1) is 24.7 Å². The highest BCUT2D eigenvalue weighted by atomic mass is 32.2. The fourth-order valence-corrected chi connectivity index (χ4v) is 3.45. The van der Waals surface area contributed by atoms with Crippen molar-refractivity contribution in [2.45, 2.75) is 11.9 Å². The van der Waals surface area contributed by atoms with Crippen LogP contribution in [0.1, 0.15) is 5.69 Å². The number of aromatic nitrogens is 3. The van der Waals surface area contributed by atoms with E-state index in [0.717, 1.165) is 29.6 Å². The molecule has 0 aromatic carbocycles. The normalized spacial score (nSPS) is 14.7. The maximum absolute atomic E-state index is 11.9. The summed E-state index contributed by atoms with van der Waals surface area (Å²) in [6, 6.07) is 1.91. The van der Waals surface area contributed by atoms with Crippen LogP contribution >= 0.6 is 23.1 Å². The van der Waals surface area contributed by atoms with Gasteiger partial charge in [-0.2, -0.15) is 0 Å². The summed E-state index contributed by atoms with van der Waals surface area (Å²) in [4.78, 5) is 26.8. The minimum atomic E-state index is -0.0871. The zero-order valence-electron chi connectivity index (χ0n) is 12.7. The van der Waals surface area contributed by atoms with Gasteiger partial charge in [-0.15, -0.1) is 11.3 Å². The van der Waals surface area contributed by atoms with E-state index in [4.69, 9.17) is 4.74 Å². The van der Waals surface area contributed by atoms with Gasteiger partial charge in [-0.1, -0.05) is 11.8 Å². The Morgan fingerprint density at radius 1 is 1.43 bits per heavy atom. The number of aryl methyl sites for hydroxylation is 1. The highest BCUT2D eigenvalue weighted by molar-refractivity contribution is 7.99. The number of thioether (sulfide) groups is 1. The number of hydrogen-bond donors (Lipinski definition) is 1. The van der Waals surface area contributed by atoms with E-state index in [0.29, 0.717) is 18.3 Å². The van der Waals surface area contributed by atoms with Gasteiger partial charge in [0.1, 0.15) is 17.2 Å². The summed E-state index contributed by atoms with van der Waals surface area (Å²) in [5, 5.41) is 6.11. The first kappa shape index (κ1) is 16.2. The number of hydrogen-bond acceptors (Lipinski definition) is 8. The van der Waals surface area contributed by atoms with Crippen LogP contribution in [0.2, 0.25) is 0 Å². The number of amides is 1. The van der Waals surface area contributed by atoms with Gasteiger partial charge < -0.3 is 15.0 Å². The minimum Gasteiger partial charge on any atom is -0.378 e. The van der Waals surface area contributed by atoms with E-state index >= 15 is 0 Å². The third-order valence-electron chi connectivity index (χ3n) is 3.18. The SMILES string of the molecule is Cc1csc(NC(=O)CSc2cc(N3CCOCC3)ncn2)n1. The summed E-state index contributed by atoms with van der Waals surface area (Å²) in [5.74, 6) is 1.08. The summed E-state index contributed by atoms with van der Waals surface area (Å²) < 4.78 is 5.34. The lowest BCUT2D eigenvalue weighted by Crippen LogP contribution is -2.36. The minimum absolute atomic E-state index is 0.0871. The maximum atomic E-state index is 11.9. The molecule has 1 N–H and O–H groups in total. The fourth-order valence-electron chi connectivity index (χ4n) is 2.08. The number of nitrogens with one attached hydrogen (secondary N) is 1. The van der Waals surface area contributed by atoms with Gasteiger partial charge >= 0.3 is 0 Å². The van der Waals surface area contributed by atoms with E-state index in [1.807, 2.05) is 18.4 Å². The molecule has 0 bridgehead atoms. The van der Waals surface area contributed by atoms with Crippen molar-refractivity contribution < 1.29 is 9.53 Å². The lowest BCUT2D eigenvalue weighted by molar-refractivity contribution is -0.113. The number of anilines is 2. The van der Waals surface area contributed by atoms with E-state index in [1.165, 1.54) is 29.4 Å². The Morgan fingerprint density at radius 3 is 3.00 bits per heavy atom. The predicted molar refractivity (Wildman–Crippen MR) is 91.3 cm³/mol. The first-order valence-corrected chi connectivity index (χ1v) is 9.07. The quantitative estimate of drug-likeness (QED) is 0.650. The number of thiazole rings is 1. The Balaban J connectivity index is 1.54. The smallest absolute Gasteiger partial charge is 0.236 e. The van der Waals surface area contributed by atoms with Crippen molar-refractivity contribution >= 4 is 40.0 Å². The predicted octanol–water partition coefficient (Wildman–Crippen LogP) is 1.81. The molecular weight excluding hydrogens is 334 g/mol. The Morgan fingerprint density at radius 2 is 2.26 bits per heavy atom. The van der Waals surface area contributed by atoms with Gasteiger partial charge in [0.15, 0.2) is 5.13 Å². The van der Waals surface area contributed by atoms with Crippen LogP contribution in [0.25, 0.3) is 0 Å². The third-order valence-corrected chi connectivity index (χ3v) is 4.98. The molecule has 2 aromatic rings. The lowest BCUT2D eigenvalue weighted by atomic mass is 10.4. The standard InChI is InChI=1S/C14H17N5O2S2/c1-10-7-23-14(17-10)18-12(20)8-22-13-6-11(15-9-16-13)19-2-4-21-5-3-19/h6-7,9H,2-5,8H2,1H3,(H,17,18,20). The molecular formula is C14H17N5O2S2. The first-order valence-electron chi connectivity index (χ1n) is 7.20. The van der Waals surface area contributed by atoms with E-state index in [9.17, 15) is 4.79 Å². The van der Waals surface area contributed by atoms with Crippen LogP contribution in [0.15, 0.2) is 22.8 Å². The van der Waals surface area contributed by atoms with Crippen molar-refractivity contribution in [2.24, 2.45) is 0 Å². The Kier molecular flexibility index (Phi) is 5.42. The zero-order chi connectivity index (χ0) is 16.1. The molecule has 3 rings (SSSR count). The molecule has 0 unspecified atom stereocenters. The molecule has 23 heavy (non-hydrogen) atoms. The molecule has 0 spiro atoms. The summed E-state index contributed by atoms with van der Waals surface area (Å²) in [7, 11) is 0. The third kappa shape index (κ3) is 4.63. The Bertz CT molecular complexity index is 673. The highest BCUT2D eigenvalue weighted by Crippen LogP contribution is 2.21. The molecule has 0 aliphatic carbocycles. The monoisotopic (exact) mass is 351 g/mol. The van der Waals surface area contributed by atoms with Crippen LogP contribution in [0.3, 0.4) is 0 Å². The topological polar surface area (TPSA) is 80.2 Å². The van der Waals surface area contributed by atoms with Crippen molar-refractivity contribution in [1.82, 2.24) is 15.0 Å². The van der Waals surface area contributed by atoms with Gasteiger partial charge in [0.2, 0.25) is 5.91 Å². The summed E-state index contributed by atoms with van der Waals surface area (Å²) in [6.07, 6.45) is 1.54. The van der Waals surface area contributed by atoms with Gasteiger partial charge in [-0.3, -0.25) is 4.79 Å². The molecule has 1 saturated heterocycles. The van der Waals surface area contributed by atoms with Crippen molar-refractivity contribution in [3.8, 4) is 0 Å². The van der Waals surface area contributed by atoms with Crippen LogP contribution in [-0.4, -0.2) is 52.9 Å². The number of morpholine rings is 1. The van der Waals surface area contributed by atoms with Gasteiger partial charge in [-0.05, 0) is 6.92 Å². The van der Waals surface area contributed by atoms with Crippen molar-refractivity contribution in [3.63, 3.8) is 0 Å². The van der Waals surface area contributed by atoms with Crippen molar-refractivity contribution in [2.75, 3.05) is 42.3 Å². The van der Waals surface area contributed by atoms with Crippen LogP contribution in [0, 0.1) is 6.92 Å². The van der Waals surface area contributed by atoms with Gasteiger partial charge in [0, 0.05) is 24.5 Å². The van der Waals surface area contributed by atoms with Crippen molar-refractivity contribution in [3.05, 3.63) is 23.5 Å². The fraction of sp³-hybridized carbons (Fsp3) is 0.429. The molecule has 3 heterocycles. The molecule has 1 aliphatic rings. The van der Waals surface area contributed by atoms with Crippen LogP contribution in [0.5, 0.6) is 0 Å². The molecule has 1 amide bonds. The maximum Gasteiger partial charge on any atom is 0.236 e. The summed E-state index contributed by atoms with van der Waals surface area (Å²) in [5.41, 5.74) is 0.906. The summed E-state index contributed by atoms with van der Waals surface area (Å²) >= 11 is 2.81. The largest absolute Gasteiger partial charge is 0.378 e. The Hall–Kier alpha value is -1.71. The number of carbonyl (C=O) groups is 1. The first-order chi connectivity index (χ1) is 11.2. The molecule has 7 nitrogen and oxygen atoms in total. The zero-order valence-corrected chi connectivity index (χ0v) is 14.3. The lowest BCUT2D eigenvalue weighted by Gasteiger charge is -2.27. The Labute approximate surface area is 142 Å². The molecule has 2 aromatic heterocycles. The number of ether oxygens (including phenoxy) is 1. The molecule has 1 aliphatic heterocycles. The van der Waals surface area contributed by atoms with Crippen LogP contribution in [0.4, 0.5) is 10.9 Å². The van der Waals surface area contributed by atoms with E-state index in [1.54, 1.807) is 0 Å². The van der Waals surface area contributed by atoms with Crippen LogP contribution < -0.4 is 10.2 Å². The molecule has 0 saturated carbocycles. The number of rotatable bonds is 5. The second-order valence-electron chi connectivity index (χ2n) is 4.94. The summed E-state index contributed by atoms with van der Waals surface area (Å²) in [6.45, 7) is 4.97. The van der Waals surface area contributed by atoms with E-state index in [2.05, 4.69) is 25.2 Å². The number of nitrogens with zero attached hydrogens (tertiary/aromatic N) is 4. The second-order valence-corrected chi connectivity index (χ2v) is 6.80. The molecule has 0 radical (unpaired) electrons. The van der Waals surface area contributed by atoms with E-state index < -0.39 is 0 Å². The van der Waals surface area contributed by atoms with Crippen LogP contribution in [-0.2, 0) is 9.53 Å². The van der Waals surface area contributed by atoms with Gasteiger partial charge in [0.25, 0.3) is 0 Å². The molecule has 122 valence electrons. The molecule has 0 atom stereocenters. The molecule has 1 fully saturated rings. The average molecular weight is 351 g/mol. The molecule has 9 heteroatoms. The second kappa shape index (κ2) is 7.71. The average Bonchev–Trinajstić information content (AvgIpc) is 2.99.